The molecule has 4 aromatic rings. The molecule has 2 heterocycles. The number of rotatable bonds is 8. The second-order valence-electron chi connectivity index (χ2n) is 7.53. The standard InChI is InChI=1S/C25H24N4O4/c1-17-5-3-7-20-24(17)27-16-29(25(20)31)12-10-23(30)28-19-8-9-21(32-2)22(13-19)33-15-18-6-4-11-26-14-18/h3-9,11,13-14,16H,10,12,15H2,1-2H3,(H,28,30). The van der Waals surface area contributed by atoms with Gasteiger partial charge >= 0.3 is 0 Å². The number of pyridine rings is 1. The van der Waals surface area contributed by atoms with E-state index in [9.17, 15) is 9.59 Å². The van der Waals surface area contributed by atoms with Crippen molar-refractivity contribution in [3.8, 4) is 11.5 Å². The summed E-state index contributed by atoms with van der Waals surface area (Å²) in [5, 5.41) is 3.39. The van der Waals surface area contributed by atoms with E-state index in [0.717, 1.165) is 11.1 Å². The highest BCUT2D eigenvalue weighted by Gasteiger charge is 2.11. The number of ether oxygens (including phenoxy) is 2. The van der Waals surface area contributed by atoms with E-state index >= 15 is 0 Å². The molecule has 0 unspecified atom stereocenters. The van der Waals surface area contributed by atoms with E-state index in [1.54, 1.807) is 43.8 Å². The summed E-state index contributed by atoms with van der Waals surface area (Å²) in [6.07, 6.45) is 5.03. The number of aromatic nitrogens is 3. The van der Waals surface area contributed by atoms with Gasteiger partial charge in [-0.25, -0.2) is 4.98 Å². The molecular weight excluding hydrogens is 420 g/mol. The van der Waals surface area contributed by atoms with E-state index < -0.39 is 0 Å². The molecule has 33 heavy (non-hydrogen) atoms. The number of amides is 1. The van der Waals surface area contributed by atoms with Crippen molar-refractivity contribution < 1.29 is 14.3 Å². The molecule has 0 atom stereocenters. The molecule has 0 bridgehead atoms. The van der Waals surface area contributed by atoms with Crippen LogP contribution in [0.4, 0.5) is 5.69 Å². The predicted molar refractivity (Wildman–Crippen MR) is 126 cm³/mol. The Labute approximate surface area is 190 Å². The van der Waals surface area contributed by atoms with Gasteiger partial charge in [0.15, 0.2) is 11.5 Å². The maximum Gasteiger partial charge on any atom is 0.261 e. The third-order valence-electron chi connectivity index (χ3n) is 5.20. The molecule has 2 aromatic carbocycles. The van der Waals surface area contributed by atoms with Crippen LogP contribution in [0.25, 0.3) is 10.9 Å². The Morgan fingerprint density at radius 2 is 2.00 bits per heavy atom. The Morgan fingerprint density at radius 1 is 1.12 bits per heavy atom. The van der Waals surface area contributed by atoms with E-state index in [4.69, 9.17) is 9.47 Å². The van der Waals surface area contributed by atoms with Crippen LogP contribution in [0, 0.1) is 6.92 Å². The van der Waals surface area contributed by atoms with Crippen LogP contribution in [0.1, 0.15) is 17.5 Å². The molecule has 0 fully saturated rings. The first kappa shape index (κ1) is 22.0. The quantitative estimate of drug-likeness (QED) is 0.445. The Bertz CT molecular complexity index is 1340. The number of nitrogens with one attached hydrogen (secondary N) is 1. The summed E-state index contributed by atoms with van der Waals surface area (Å²) in [5.41, 5.74) is 2.95. The molecule has 0 aliphatic heterocycles. The smallest absolute Gasteiger partial charge is 0.261 e. The first-order valence-corrected chi connectivity index (χ1v) is 10.5. The van der Waals surface area contributed by atoms with Crippen molar-refractivity contribution in [1.29, 1.82) is 0 Å². The topological polar surface area (TPSA) is 95.3 Å². The van der Waals surface area contributed by atoms with Crippen LogP contribution in [-0.4, -0.2) is 27.6 Å². The van der Waals surface area contributed by atoms with Gasteiger partial charge in [0.25, 0.3) is 5.56 Å². The van der Waals surface area contributed by atoms with Crippen molar-refractivity contribution in [2.45, 2.75) is 26.5 Å². The summed E-state index contributed by atoms with van der Waals surface area (Å²) in [7, 11) is 1.56. The molecule has 0 aliphatic carbocycles. The van der Waals surface area contributed by atoms with Crippen LogP contribution in [0.15, 0.2) is 72.0 Å². The minimum Gasteiger partial charge on any atom is -0.493 e. The molecule has 0 radical (unpaired) electrons. The number of carbonyl (C=O) groups excluding carboxylic acids is 1. The molecule has 1 N–H and O–H groups in total. The molecule has 0 aliphatic rings. The molecule has 0 saturated heterocycles. The van der Waals surface area contributed by atoms with Gasteiger partial charge in [-0.3, -0.25) is 19.1 Å². The molecular formula is C25H24N4O4. The van der Waals surface area contributed by atoms with Gasteiger partial charge in [-0.2, -0.15) is 0 Å². The van der Waals surface area contributed by atoms with Crippen LogP contribution >= 0.6 is 0 Å². The Kier molecular flexibility index (Phi) is 6.64. The van der Waals surface area contributed by atoms with Crippen molar-refractivity contribution in [2.24, 2.45) is 0 Å². The van der Waals surface area contributed by atoms with Gasteiger partial charge in [0.05, 0.1) is 24.3 Å². The molecule has 8 nitrogen and oxygen atoms in total. The van der Waals surface area contributed by atoms with Crippen molar-refractivity contribution in [3.05, 3.63) is 88.7 Å². The zero-order valence-electron chi connectivity index (χ0n) is 18.4. The number of carbonyl (C=O) groups is 1. The van der Waals surface area contributed by atoms with Gasteiger partial charge < -0.3 is 14.8 Å². The van der Waals surface area contributed by atoms with Gasteiger partial charge in [0, 0.05) is 42.7 Å². The number of para-hydroxylation sites is 1. The SMILES string of the molecule is COc1ccc(NC(=O)CCn2cnc3c(C)cccc3c2=O)cc1OCc1cccnc1. The zero-order chi connectivity index (χ0) is 23.2. The molecule has 2 aromatic heterocycles. The highest BCUT2D eigenvalue weighted by molar-refractivity contribution is 5.91. The van der Waals surface area contributed by atoms with Crippen LogP contribution in [0.5, 0.6) is 11.5 Å². The first-order valence-electron chi connectivity index (χ1n) is 10.5. The lowest BCUT2D eigenvalue weighted by molar-refractivity contribution is -0.116. The van der Waals surface area contributed by atoms with E-state index in [0.29, 0.717) is 34.7 Å². The minimum atomic E-state index is -0.227. The highest BCUT2D eigenvalue weighted by Crippen LogP contribution is 2.31. The number of aryl methyl sites for hydroxylation is 2. The lowest BCUT2D eigenvalue weighted by atomic mass is 10.1. The number of hydrogen-bond acceptors (Lipinski definition) is 6. The maximum atomic E-state index is 12.7. The molecule has 8 heteroatoms. The summed E-state index contributed by atoms with van der Waals surface area (Å²) in [6, 6.07) is 14.4. The van der Waals surface area contributed by atoms with Gasteiger partial charge in [0.1, 0.15) is 6.61 Å². The number of fused-ring (bicyclic) bond motifs is 1. The average Bonchev–Trinajstić information content (AvgIpc) is 2.83. The third kappa shape index (κ3) is 5.17. The fourth-order valence-electron chi connectivity index (χ4n) is 3.45. The van der Waals surface area contributed by atoms with E-state index in [-0.39, 0.29) is 24.4 Å². The molecule has 168 valence electrons. The fraction of sp³-hybridized carbons (Fsp3) is 0.200. The summed E-state index contributed by atoms with van der Waals surface area (Å²) < 4.78 is 12.7. The molecule has 4 rings (SSSR count). The molecule has 0 saturated carbocycles. The number of nitrogens with zero attached hydrogens (tertiary/aromatic N) is 3. The van der Waals surface area contributed by atoms with E-state index in [1.165, 1.54) is 10.9 Å². The number of anilines is 1. The largest absolute Gasteiger partial charge is 0.493 e. The summed E-state index contributed by atoms with van der Waals surface area (Å²) in [4.78, 5) is 33.7. The Morgan fingerprint density at radius 3 is 2.79 bits per heavy atom. The zero-order valence-corrected chi connectivity index (χ0v) is 18.4. The summed E-state index contributed by atoms with van der Waals surface area (Å²) in [6.45, 7) is 2.46. The predicted octanol–water partition coefficient (Wildman–Crippen LogP) is 3.72. The van der Waals surface area contributed by atoms with Crippen LogP contribution in [0.3, 0.4) is 0 Å². The lowest BCUT2D eigenvalue weighted by Gasteiger charge is -2.13. The number of hydrogen-bond donors (Lipinski definition) is 1. The first-order chi connectivity index (χ1) is 16.0. The Hall–Kier alpha value is -4.20. The van der Waals surface area contributed by atoms with Crippen molar-refractivity contribution in [1.82, 2.24) is 14.5 Å². The summed E-state index contributed by atoms with van der Waals surface area (Å²) >= 11 is 0. The van der Waals surface area contributed by atoms with Gasteiger partial charge in [-0.05, 0) is 36.8 Å². The van der Waals surface area contributed by atoms with Crippen molar-refractivity contribution >= 4 is 22.5 Å². The third-order valence-corrected chi connectivity index (χ3v) is 5.20. The number of methoxy groups -OCH3 is 1. The lowest BCUT2D eigenvalue weighted by Crippen LogP contribution is -2.23. The Balaban J connectivity index is 1.41. The van der Waals surface area contributed by atoms with Crippen LogP contribution < -0.4 is 20.3 Å². The highest BCUT2D eigenvalue weighted by atomic mass is 16.5. The summed E-state index contributed by atoms with van der Waals surface area (Å²) in [5.74, 6) is 0.833. The van der Waals surface area contributed by atoms with Crippen LogP contribution in [-0.2, 0) is 17.9 Å². The van der Waals surface area contributed by atoms with E-state index in [1.807, 2.05) is 31.2 Å². The monoisotopic (exact) mass is 444 g/mol. The fourth-order valence-corrected chi connectivity index (χ4v) is 3.45. The minimum absolute atomic E-state index is 0.122. The molecule has 0 spiro atoms. The van der Waals surface area contributed by atoms with Crippen molar-refractivity contribution in [3.63, 3.8) is 0 Å². The van der Waals surface area contributed by atoms with Crippen molar-refractivity contribution in [2.75, 3.05) is 12.4 Å². The van der Waals surface area contributed by atoms with Gasteiger partial charge in [-0.1, -0.05) is 18.2 Å². The van der Waals surface area contributed by atoms with Crippen LogP contribution in [0.2, 0.25) is 0 Å². The second-order valence-corrected chi connectivity index (χ2v) is 7.53. The second kappa shape index (κ2) is 9.95. The average molecular weight is 444 g/mol. The maximum absolute atomic E-state index is 12.7. The van der Waals surface area contributed by atoms with Gasteiger partial charge in [0.2, 0.25) is 5.91 Å². The molecule has 1 amide bonds. The van der Waals surface area contributed by atoms with E-state index in [2.05, 4.69) is 15.3 Å². The number of benzene rings is 2. The van der Waals surface area contributed by atoms with Gasteiger partial charge in [-0.15, -0.1) is 0 Å². The normalized spacial score (nSPS) is 10.7.